The second-order valence-electron chi connectivity index (χ2n) is 5.64. The molecule has 0 unspecified atom stereocenters. The van der Waals surface area contributed by atoms with Crippen molar-refractivity contribution in [3.05, 3.63) is 80.9 Å². The van der Waals surface area contributed by atoms with Crippen molar-refractivity contribution in [2.75, 3.05) is 11.5 Å². The predicted molar refractivity (Wildman–Crippen MR) is 99.4 cm³/mol. The van der Waals surface area contributed by atoms with Gasteiger partial charge in [0.2, 0.25) is 0 Å². The molecule has 3 aromatic rings. The summed E-state index contributed by atoms with van der Waals surface area (Å²) in [5.41, 5.74) is 14.3. The lowest BCUT2D eigenvalue weighted by Gasteiger charge is -2.12. The smallest absolute Gasteiger partial charge is 0.346 e. The van der Waals surface area contributed by atoms with E-state index < -0.39 is 21.2 Å². The maximum Gasteiger partial charge on any atom is 0.346 e. The highest BCUT2D eigenvalue weighted by molar-refractivity contribution is 5.87. The van der Waals surface area contributed by atoms with Gasteiger partial charge in [-0.25, -0.2) is 0 Å². The van der Waals surface area contributed by atoms with E-state index in [1.54, 1.807) is 30.3 Å². The molecule has 26 heavy (non-hydrogen) atoms. The highest BCUT2D eigenvalue weighted by atomic mass is 16.6. The molecule has 0 atom stereocenters. The number of nitro benzene ring substituents is 2. The van der Waals surface area contributed by atoms with Crippen molar-refractivity contribution in [1.82, 2.24) is 0 Å². The lowest BCUT2D eigenvalue weighted by Crippen LogP contribution is -1.97. The van der Waals surface area contributed by atoms with Gasteiger partial charge in [-0.2, -0.15) is 0 Å². The minimum atomic E-state index is -0.776. The van der Waals surface area contributed by atoms with E-state index >= 15 is 0 Å². The molecule has 8 heteroatoms. The van der Waals surface area contributed by atoms with Gasteiger partial charge in [0.25, 0.3) is 0 Å². The zero-order chi connectivity index (χ0) is 18.8. The molecule has 0 amide bonds. The Balaban J connectivity index is 2.22. The molecule has 8 nitrogen and oxygen atoms in total. The molecule has 130 valence electrons. The normalized spacial score (nSPS) is 10.5. The van der Waals surface area contributed by atoms with Crippen molar-refractivity contribution in [2.45, 2.75) is 0 Å². The monoisotopic (exact) mass is 350 g/mol. The minimum Gasteiger partial charge on any atom is -0.399 e. The number of hydrogen-bond donors (Lipinski definition) is 2. The molecular weight excluding hydrogens is 336 g/mol. The van der Waals surface area contributed by atoms with Crippen LogP contribution in [0, 0.1) is 20.2 Å². The molecule has 0 aliphatic heterocycles. The first-order valence-corrected chi connectivity index (χ1v) is 7.55. The zero-order valence-corrected chi connectivity index (χ0v) is 13.5. The Labute approximate surface area is 148 Å². The highest BCUT2D eigenvalue weighted by Gasteiger charge is 2.25. The van der Waals surface area contributed by atoms with E-state index in [0.717, 1.165) is 17.2 Å². The number of anilines is 2. The van der Waals surface area contributed by atoms with Gasteiger partial charge in [0.05, 0.1) is 9.85 Å². The molecule has 0 fully saturated rings. The first kappa shape index (κ1) is 16.9. The molecular formula is C18H14N4O4. The van der Waals surface area contributed by atoms with Gasteiger partial charge in [-0.15, -0.1) is 0 Å². The van der Waals surface area contributed by atoms with E-state index in [1.807, 2.05) is 12.1 Å². The summed E-state index contributed by atoms with van der Waals surface area (Å²) in [7, 11) is 0. The van der Waals surface area contributed by atoms with Gasteiger partial charge in [0.1, 0.15) is 0 Å². The molecule has 0 radical (unpaired) electrons. The van der Waals surface area contributed by atoms with E-state index in [2.05, 4.69) is 0 Å². The van der Waals surface area contributed by atoms with E-state index in [4.69, 9.17) is 11.5 Å². The van der Waals surface area contributed by atoms with Crippen molar-refractivity contribution in [3.8, 4) is 22.3 Å². The summed E-state index contributed by atoms with van der Waals surface area (Å²) in [6.07, 6.45) is 0. The van der Waals surface area contributed by atoms with Gasteiger partial charge in [0, 0.05) is 23.5 Å². The first-order chi connectivity index (χ1) is 12.4. The Morgan fingerprint density at radius 1 is 0.615 bits per heavy atom. The quantitative estimate of drug-likeness (QED) is 0.414. The third-order valence-electron chi connectivity index (χ3n) is 3.95. The van der Waals surface area contributed by atoms with Gasteiger partial charge >= 0.3 is 11.4 Å². The van der Waals surface area contributed by atoms with Crippen LogP contribution in [0.25, 0.3) is 22.3 Å². The summed E-state index contributed by atoms with van der Waals surface area (Å²) in [6, 6.07) is 16.1. The highest BCUT2D eigenvalue weighted by Crippen LogP contribution is 2.38. The molecule has 0 bridgehead atoms. The Morgan fingerprint density at radius 2 is 1.19 bits per heavy atom. The third-order valence-corrected chi connectivity index (χ3v) is 3.95. The molecule has 0 aliphatic rings. The van der Waals surface area contributed by atoms with Crippen molar-refractivity contribution in [3.63, 3.8) is 0 Å². The molecule has 0 aromatic heterocycles. The zero-order valence-electron chi connectivity index (χ0n) is 13.5. The van der Waals surface area contributed by atoms with E-state index in [0.29, 0.717) is 22.5 Å². The summed E-state index contributed by atoms with van der Waals surface area (Å²) >= 11 is 0. The van der Waals surface area contributed by atoms with Crippen LogP contribution in [0.5, 0.6) is 0 Å². The fourth-order valence-corrected chi connectivity index (χ4v) is 2.71. The Morgan fingerprint density at radius 3 is 1.81 bits per heavy atom. The van der Waals surface area contributed by atoms with E-state index in [9.17, 15) is 20.2 Å². The summed E-state index contributed by atoms with van der Waals surface area (Å²) in [5, 5.41) is 22.2. The van der Waals surface area contributed by atoms with Gasteiger partial charge in [-0.05, 0) is 52.6 Å². The fraction of sp³-hybridized carbons (Fsp3) is 0. The second-order valence-corrected chi connectivity index (χ2v) is 5.64. The van der Waals surface area contributed by atoms with Crippen LogP contribution in [-0.4, -0.2) is 9.85 Å². The summed E-state index contributed by atoms with van der Waals surface area (Å²) in [6.45, 7) is 0. The van der Waals surface area contributed by atoms with E-state index in [-0.39, 0.29) is 0 Å². The maximum absolute atomic E-state index is 11.2. The first-order valence-electron chi connectivity index (χ1n) is 7.55. The van der Waals surface area contributed by atoms with Crippen LogP contribution in [0.15, 0.2) is 60.7 Å². The van der Waals surface area contributed by atoms with Crippen LogP contribution in [0.1, 0.15) is 0 Å². The lowest BCUT2D eigenvalue weighted by molar-refractivity contribution is -0.422. The number of nitrogen functional groups attached to an aromatic ring is 2. The van der Waals surface area contributed by atoms with Gasteiger partial charge in [0.15, 0.2) is 0 Å². The second kappa shape index (κ2) is 6.52. The van der Waals surface area contributed by atoms with Crippen LogP contribution < -0.4 is 11.5 Å². The predicted octanol–water partition coefficient (Wildman–Crippen LogP) is 4.00. The number of nitro groups is 2. The van der Waals surface area contributed by atoms with Crippen LogP contribution in [-0.2, 0) is 0 Å². The number of hydrogen-bond acceptors (Lipinski definition) is 6. The molecule has 0 saturated heterocycles. The van der Waals surface area contributed by atoms with Gasteiger partial charge in [-0.3, -0.25) is 20.2 Å². The van der Waals surface area contributed by atoms with Crippen LogP contribution in [0.2, 0.25) is 0 Å². The summed E-state index contributed by atoms with van der Waals surface area (Å²) in [4.78, 5) is 20.7. The van der Waals surface area contributed by atoms with Crippen molar-refractivity contribution in [2.24, 2.45) is 0 Å². The Hall–Kier alpha value is -3.94. The molecule has 3 aromatic carbocycles. The van der Waals surface area contributed by atoms with Crippen molar-refractivity contribution in [1.29, 1.82) is 0 Å². The number of nitrogens with two attached hydrogens (primary N) is 2. The van der Waals surface area contributed by atoms with Crippen LogP contribution in [0.3, 0.4) is 0 Å². The SMILES string of the molecule is Nc1ccc(-c2ccc(N)cc2-c2ccc([N+](=O)[O-])c([N+](=O)[O-])c2)cc1. The lowest BCUT2D eigenvalue weighted by atomic mass is 9.93. The number of nitrogens with zero attached hydrogens (tertiary/aromatic N) is 2. The molecule has 0 spiro atoms. The minimum absolute atomic E-state index is 0.460. The Kier molecular flexibility index (Phi) is 4.24. The average molecular weight is 350 g/mol. The fourth-order valence-electron chi connectivity index (χ4n) is 2.71. The van der Waals surface area contributed by atoms with Crippen LogP contribution >= 0.6 is 0 Å². The van der Waals surface area contributed by atoms with Gasteiger partial charge < -0.3 is 11.5 Å². The maximum atomic E-state index is 11.2. The summed E-state index contributed by atoms with van der Waals surface area (Å²) < 4.78 is 0. The standard InChI is InChI=1S/C18H14N4O4/c19-13-4-1-11(2-5-13)15-7-6-14(20)10-16(15)12-3-8-17(21(23)24)18(9-12)22(25)26/h1-10H,19-20H2. The molecule has 0 aliphatic carbocycles. The molecule has 0 saturated carbocycles. The third kappa shape index (κ3) is 3.16. The Bertz CT molecular complexity index is 1020. The number of benzene rings is 3. The molecule has 0 heterocycles. The largest absolute Gasteiger partial charge is 0.399 e. The molecule has 3 rings (SSSR count). The van der Waals surface area contributed by atoms with Crippen LogP contribution in [0.4, 0.5) is 22.7 Å². The molecule has 4 N–H and O–H groups in total. The van der Waals surface area contributed by atoms with Crippen molar-refractivity contribution >= 4 is 22.7 Å². The number of rotatable bonds is 4. The topological polar surface area (TPSA) is 138 Å². The summed E-state index contributed by atoms with van der Waals surface area (Å²) in [5.74, 6) is 0. The van der Waals surface area contributed by atoms with E-state index in [1.165, 1.54) is 12.1 Å². The van der Waals surface area contributed by atoms with Crippen molar-refractivity contribution < 1.29 is 9.85 Å². The average Bonchev–Trinajstić information content (AvgIpc) is 2.62. The van der Waals surface area contributed by atoms with Gasteiger partial charge in [-0.1, -0.05) is 18.2 Å².